The van der Waals surface area contributed by atoms with Crippen LogP contribution in [0.2, 0.25) is 0 Å². The van der Waals surface area contributed by atoms with E-state index >= 15 is 0 Å². The second-order valence-corrected chi connectivity index (χ2v) is 11.6. The molecule has 6 N–H and O–H groups in total. The summed E-state index contributed by atoms with van der Waals surface area (Å²) in [5.74, 6) is -1.69. The number of carbonyl (C=O) groups is 3. The Hall–Kier alpha value is -4.89. The predicted molar refractivity (Wildman–Crippen MR) is 172 cm³/mol. The molecule has 0 aliphatic heterocycles. The van der Waals surface area contributed by atoms with E-state index in [0.717, 1.165) is 38.5 Å². The topological polar surface area (TPSA) is 139 Å². The van der Waals surface area contributed by atoms with Gasteiger partial charge in [-0.2, -0.15) is 0 Å². The molecule has 2 heterocycles. The SMILES string of the molecule is CC(C)CC(N[C@@H](Cc1c[nH]c2ccccc12)C(=O)N[C@@H](Cc1c[nH]c2ccccc12)C(=O)NCc1ccccc1)C(=O)O. The van der Waals surface area contributed by atoms with Gasteiger partial charge in [0.25, 0.3) is 0 Å². The molecule has 3 atom stereocenters. The maximum atomic E-state index is 14.1. The number of benzene rings is 3. The number of aliphatic carboxylic acids is 1. The molecule has 3 aromatic carbocycles. The summed E-state index contributed by atoms with van der Waals surface area (Å²) in [6.45, 7) is 4.20. The van der Waals surface area contributed by atoms with Crippen LogP contribution >= 0.6 is 0 Å². The van der Waals surface area contributed by atoms with Gasteiger partial charge in [0.2, 0.25) is 11.8 Å². The first kappa shape index (κ1) is 30.6. The van der Waals surface area contributed by atoms with Gasteiger partial charge in [0.05, 0.1) is 6.04 Å². The van der Waals surface area contributed by atoms with Crippen molar-refractivity contribution < 1.29 is 19.5 Å². The van der Waals surface area contributed by atoms with Gasteiger partial charge in [-0.15, -0.1) is 0 Å². The van der Waals surface area contributed by atoms with Crippen LogP contribution in [-0.2, 0) is 33.8 Å². The maximum absolute atomic E-state index is 14.1. The molecule has 0 saturated carbocycles. The number of aromatic nitrogens is 2. The van der Waals surface area contributed by atoms with Gasteiger partial charge >= 0.3 is 5.97 Å². The van der Waals surface area contributed by atoms with E-state index in [1.807, 2.05) is 105 Å². The number of carbonyl (C=O) groups excluding carboxylic acids is 2. The van der Waals surface area contributed by atoms with Crippen molar-refractivity contribution in [3.05, 3.63) is 108 Å². The zero-order valence-electron chi connectivity index (χ0n) is 25.0. The molecule has 0 spiro atoms. The average molecular weight is 594 g/mol. The number of fused-ring (bicyclic) bond motifs is 2. The Bertz CT molecular complexity index is 1720. The van der Waals surface area contributed by atoms with Crippen LogP contribution in [0, 0.1) is 5.92 Å². The van der Waals surface area contributed by atoms with Crippen LogP contribution in [0.4, 0.5) is 0 Å². The largest absolute Gasteiger partial charge is 0.480 e. The minimum absolute atomic E-state index is 0.0961. The molecule has 9 heteroatoms. The van der Waals surface area contributed by atoms with E-state index in [1.165, 1.54) is 0 Å². The number of rotatable bonds is 14. The number of amides is 2. The van der Waals surface area contributed by atoms with Gasteiger partial charge in [-0.1, -0.05) is 80.6 Å². The van der Waals surface area contributed by atoms with Crippen LogP contribution in [0.25, 0.3) is 21.8 Å². The third-order valence-electron chi connectivity index (χ3n) is 7.86. The van der Waals surface area contributed by atoms with Crippen molar-refractivity contribution in [1.29, 1.82) is 0 Å². The van der Waals surface area contributed by atoms with Gasteiger partial charge in [-0.05, 0) is 47.6 Å². The number of aromatic amines is 2. The van der Waals surface area contributed by atoms with Crippen molar-refractivity contribution in [2.75, 3.05) is 0 Å². The van der Waals surface area contributed by atoms with Crippen molar-refractivity contribution in [2.24, 2.45) is 5.92 Å². The first-order valence-corrected chi connectivity index (χ1v) is 15.0. The minimum atomic E-state index is -1.02. The molecule has 0 aliphatic rings. The second kappa shape index (κ2) is 14.1. The standard InChI is InChI=1S/C35H39N5O4/c1-22(2)16-32(35(43)44)39-31(18-25-21-37-29-15-9-7-13-27(25)29)34(42)40-30(33(41)38-19-23-10-4-3-5-11-23)17-24-20-36-28-14-8-6-12-26(24)28/h3-15,20-22,30-32,36-37,39H,16-19H2,1-2H3,(H,38,41)(H,40,42)(H,43,44)/t30-,31-,32?/m0/s1. The van der Waals surface area contributed by atoms with Crippen LogP contribution in [0.1, 0.15) is 37.0 Å². The lowest BCUT2D eigenvalue weighted by atomic mass is 9.99. The average Bonchev–Trinajstić information content (AvgIpc) is 3.63. The number of nitrogens with one attached hydrogen (secondary N) is 5. The summed E-state index contributed by atoms with van der Waals surface area (Å²) in [6.07, 6.45) is 4.55. The third-order valence-corrected chi connectivity index (χ3v) is 7.86. The van der Waals surface area contributed by atoms with E-state index < -0.39 is 30.0 Å². The summed E-state index contributed by atoms with van der Waals surface area (Å²) in [7, 11) is 0. The van der Waals surface area contributed by atoms with Crippen molar-refractivity contribution in [3.8, 4) is 0 Å². The van der Waals surface area contributed by atoms with E-state index in [2.05, 4.69) is 25.9 Å². The van der Waals surface area contributed by atoms with Gasteiger partial charge in [-0.25, -0.2) is 0 Å². The lowest BCUT2D eigenvalue weighted by Crippen LogP contribution is -2.56. The molecule has 0 aliphatic carbocycles. The van der Waals surface area contributed by atoms with Crippen LogP contribution in [0.15, 0.2) is 91.3 Å². The van der Waals surface area contributed by atoms with E-state index in [-0.39, 0.29) is 24.7 Å². The zero-order chi connectivity index (χ0) is 31.1. The summed E-state index contributed by atoms with van der Waals surface area (Å²) in [4.78, 5) is 46.4. The fourth-order valence-corrected chi connectivity index (χ4v) is 5.61. The summed E-state index contributed by atoms with van der Waals surface area (Å²) < 4.78 is 0. The highest BCUT2D eigenvalue weighted by Gasteiger charge is 2.31. The molecule has 44 heavy (non-hydrogen) atoms. The Morgan fingerprint density at radius 2 is 1.25 bits per heavy atom. The Kier molecular flexibility index (Phi) is 9.76. The van der Waals surface area contributed by atoms with E-state index in [1.54, 1.807) is 0 Å². The third kappa shape index (κ3) is 7.54. The highest BCUT2D eigenvalue weighted by molar-refractivity contribution is 5.92. The Labute approximate surface area is 256 Å². The van der Waals surface area contributed by atoms with Crippen LogP contribution in [0.5, 0.6) is 0 Å². The molecule has 2 aromatic heterocycles. The van der Waals surface area contributed by atoms with Crippen LogP contribution < -0.4 is 16.0 Å². The lowest BCUT2D eigenvalue weighted by Gasteiger charge is -2.26. The van der Waals surface area contributed by atoms with Gasteiger partial charge in [0.15, 0.2) is 0 Å². The lowest BCUT2D eigenvalue weighted by molar-refractivity contribution is -0.140. The maximum Gasteiger partial charge on any atom is 0.320 e. The van der Waals surface area contributed by atoms with Crippen molar-refractivity contribution in [3.63, 3.8) is 0 Å². The molecule has 1 unspecified atom stereocenters. The molecule has 5 rings (SSSR count). The van der Waals surface area contributed by atoms with Crippen LogP contribution in [0.3, 0.4) is 0 Å². The van der Waals surface area contributed by atoms with Crippen molar-refractivity contribution >= 4 is 39.6 Å². The normalized spacial score (nSPS) is 13.5. The number of para-hydroxylation sites is 2. The number of hydrogen-bond acceptors (Lipinski definition) is 4. The molecule has 9 nitrogen and oxygen atoms in total. The summed E-state index contributed by atoms with van der Waals surface area (Å²) in [6, 6.07) is 22.4. The number of H-pyrrole nitrogens is 2. The Balaban J connectivity index is 1.42. The molecule has 2 amide bonds. The zero-order valence-corrected chi connectivity index (χ0v) is 25.0. The van der Waals surface area contributed by atoms with E-state index in [4.69, 9.17) is 0 Å². The Morgan fingerprint density at radius 3 is 1.82 bits per heavy atom. The molecule has 0 saturated heterocycles. The van der Waals surface area contributed by atoms with E-state index in [9.17, 15) is 19.5 Å². The summed E-state index contributed by atoms with van der Waals surface area (Å²) in [5.41, 5.74) is 4.58. The molecule has 0 fully saturated rings. The van der Waals surface area contributed by atoms with Gasteiger partial charge in [-0.3, -0.25) is 19.7 Å². The van der Waals surface area contributed by atoms with Crippen LogP contribution in [-0.4, -0.2) is 51.0 Å². The first-order valence-electron chi connectivity index (χ1n) is 15.0. The number of hydrogen-bond donors (Lipinski definition) is 6. The monoisotopic (exact) mass is 593 g/mol. The quantitative estimate of drug-likeness (QED) is 0.111. The first-order chi connectivity index (χ1) is 21.3. The van der Waals surface area contributed by atoms with Crippen molar-refractivity contribution in [2.45, 2.75) is 57.8 Å². The molecule has 0 bridgehead atoms. The van der Waals surface area contributed by atoms with Gasteiger partial charge in [0, 0.05) is 47.2 Å². The van der Waals surface area contributed by atoms with E-state index in [0.29, 0.717) is 13.0 Å². The number of carboxylic acid groups (broad SMARTS) is 1. The summed E-state index contributed by atoms with van der Waals surface area (Å²) in [5, 5.41) is 21.0. The van der Waals surface area contributed by atoms with Gasteiger partial charge in [0.1, 0.15) is 12.1 Å². The molecular formula is C35H39N5O4. The molecule has 5 aromatic rings. The van der Waals surface area contributed by atoms with Gasteiger partial charge < -0.3 is 25.7 Å². The fourth-order valence-electron chi connectivity index (χ4n) is 5.61. The highest BCUT2D eigenvalue weighted by atomic mass is 16.4. The molecule has 0 radical (unpaired) electrons. The predicted octanol–water partition coefficient (Wildman–Crippen LogP) is 4.69. The summed E-state index contributed by atoms with van der Waals surface area (Å²) >= 11 is 0. The smallest absolute Gasteiger partial charge is 0.320 e. The fraction of sp³-hybridized carbons (Fsp3) is 0.286. The van der Waals surface area contributed by atoms with Crippen molar-refractivity contribution in [1.82, 2.24) is 25.9 Å². The highest BCUT2D eigenvalue weighted by Crippen LogP contribution is 2.21. The molecular weight excluding hydrogens is 554 g/mol. The Morgan fingerprint density at radius 1 is 0.705 bits per heavy atom. The number of carboxylic acids is 1. The minimum Gasteiger partial charge on any atom is -0.480 e. The second-order valence-electron chi connectivity index (χ2n) is 11.6. The molecule has 228 valence electrons.